The zero-order chi connectivity index (χ0) is 22.1. The number of aromatic nitrogens is 2. The van der Waals surface area contributed by atoms with Gasteiger partial charge in [-0.1, -0.05) is 22.9 Å². The lowest BCUT2D eigenvalue weighted by molar-refractivity contribution is -0.0190. The van der Waals surface area contributed by atoms with Gasteiger partial charge in [0.15, 0.2) is 5.82 Å². The monoisotopic (exact) mass is 437 g/mol. The van der Waals surface area contributed by atoms with Crippen LogP contribution in [0.3, 0.4) is 0 Å². The zero-order valence-electron chi connectivity index (χ0n) is 17.6. The van der Waals surface area contributed by atoms with Gasteiger partial charge in [0.25, 0.3) is 5.89 Å². The standard InChI is InChI=1S/C20H27N3O4.O2S/c1-14-5-7-15(8-6-14)18-21-17(22-27-18)13-25-16-9-11-23(12-10-16)19(24)26-20(2,3)4;1-3-2/h5-8,16H,9-13H2,1-4H3;. The van der Waals surface area contributed by atoms with E-state index in [-0.39, 0.29) is 12.2 Å². The van der Waals surface area contributed by atoms with Crippen LogP contribution in [0.15, 0.2) is 28.8 Å². The van der Waals surface area contributed by atoms with Gasteiger partial charge in [-0.2, -0.15) is 13.4 Å². The van der Waals surface area contributed by atoms with Crippen LogP contribution < -0.4 is 0 Å². The molecule has 2 aromatic rings. The number of likely N-dealkylation sites (tertiary alicyclic amines) is 1. The van der Waals surface area contributed by atoms with Crippen LogP contribution in [0.25, 0.3) is 11.5 Å². The van der Waals surface area contributed by atoms with Crippen LogP contribution in [-0.4, -0.2) is 54.3 Å². The second kappa shape index (κ2) is 11.0. The van der Waals surface area contributed by atoms with Gasteiger partial charge in [-0.15, -0.1) is 0 Å². The molecular formula is C20H27N3O6S. The summed E-state index contributed by atoms with van der Waals surface area (Å²) in [6.45, 7) is 9.20. The van der Waals surface area contributed by atoms with Gasteiger partial charge in [0.05, 0.1) is 6.10 Å². The highest BCUT2D eigenvalue weighted by molar-refractivity contribution is 7.51. The molecule has 1 aliphatic rings. The highest BCUT2D eigenvalue weighted by atomic mass is 32.1. The number of piperidine rings is 1. The first kappa shape index (κ1) is 23.7. The van der Waals surface area contributed by atoms with Gasteiger partial charge >= 0.3 is 17.7 Å². The molecule has 1 aliphatic heterocycles. The van der Waals surface area contributed by atoms with Crippen LogP contribution in [-0.2, 0) is 27.7 Å². The van der Waals surface area contributed by atoms with Crippen molar-refractivity contribution in [2.75, 3.05) is 13.1 Å². The fraction of sp³-hybridized carbons (Fsp3) is 0.550. The predicted molar refractivity (Wildman–Crippen MR) is 109 cm³/mol. The number of aryl methyl sites for hydroxylation is 1. The summed E-state index contributed by atoms with van der Waals surface area (Å²) in [5.74, 6) is 1.02. The summed E-state index contributed by atoms with van der Waals surface area (Å²) in [4.78, 5) is 18.2. The molecule has 0 saturated carbocycles. The van der Waals surface area contributed by atoms with E-state index in [1.54, 1.807) is 4.90 Å². The number of carbonyl (C=O) groups excluding carboxylic acids is 1. The molecule has 1 saturated heterocycles. The van der Waals surface area contributed by atoms with Crippen molar-refractivity contribution >= 4 is 17.7 Å². The van der Waals surface area contributed by atoms with Gasteiger partial charge < -0.3 is 18.9 Å². The van der Waals surface area contributed by atoms with E-state index >= 15 is 0 Å². The zero-order valence-corrected chi connectivity index (χ0v) is 18.4. The number of benzene rings is 1. The Morgan fingerprint density at radius 3 is 2.37 bits per heavy atom. The molecule has 0 unspecified atom stereocenters. The number of carbonyl (C=O) groups is 1. The molecule has 1 aromatic heterocycles. The lowest BCUT2D eigenvalue weighted by atomic mass is 10.1. The number of amides is 1. The molecule has 0 bridgehead atoms. The molecule has 30 heavy (non-hydrogen) atoms. The molecule has 0 spiro atoms. The fourth-order valence-corrected chi connectivity index (χ4v) is 2.85. The van der Waals surface area contributed by atoms with E-state index in [1.165, 1.54) is 5.56 Å². The Kier molecular flexibility index (Phi) is 8.67. The summed E-state index contributed by atoms with van der Waals surface area (Å²) < 4.78 is 33.2. The first-order chi connectivity index (χ1) is 14.2. The van der Waals surface area contributed by atoms with Crippen LogP contribution in [0, 0.1) is 6.92 Å². The fourth-order valence-electron chi connectivity index (χ4n) is 2.85. The van der Waals surface area contributed by atoms with Crippen molar-refractivity contribution in [2.24, 2.45) is 0 Å². The maximum absolute atomic E-state index is 12.1. The SMILES string of the molecule is Cc1ccc(-c2nc(COC3CCN(C(=O)OC(C)(C)C)CC3)no2)cc1.O=S=O. The summed E-state index contributed by atoms with van der Waals surface area (Å²) in [6.07, 6.45) is 1.34. The third-order valence-corrected chi connectivity index (χ3v) is 4.31. The van der Waals surface area contributed by atoms with Crippen LogP contribution in [0.2, 0.25) is 0 Å². The third-order valence-electron chi connectivity index (χ3n) is 4.31. The van der Waals surface area contributed by atoms with Crippen molar-refractivity contribution in [2.45, 2.75) is 58.8 Å². The predicted octanol–water partition coefficient (Wildman–Crippen LogP) is 3.29. The van der Waals surface area contributed by atoms with E-state index in [1.807, 2.05) is 52.0 Å². The minimum Gasteiger partial charge on any atom is -0.444 e. The van der Waals surface area contributed by atoms with Gasteiger partial charge in [-0.25, -0.2) is 4.79 Å². The van der Waals surface area contributed by atoms with Crippen LogP contribution in [0.1, 0.15) is 45.0 Å². The summed E-state index contributed by atoms with van der Waals surface area (Å²) >= 11 is -0.750. The van der Waals surface area contributed by atoms with E-state index in [0.717, 1.165) is 18.4 Å². The summed E-state index contributed by atoms with van der Waals surface area (Å²) in [5.41, 5.74) is 1.60. The van der Waals surface area contributed by atoms with E-state index < -0.39 is 17.2 Å². The van der Waals surface area contributed by atoms with Gasteiger partial charge in [-0.3, -0.25) is 0 Å². The van der Waals surface area contributed by atoms with Crippen LogP contribution in [0.5, 0.6) is 0 Å². The molecule has 10 heteroatoms. The van der Waals surface area contributed by atoms with Crippen molar-refractivity contribution in [3.8, 4) is 11.5 Å². The molecule has 0 N–H and O–H groups in total. The van der Waals surface area contributed by atoms with Crippen molar-refractivity contribution in [1.29, 1.82) is 0 Å². The smallest absolute Gasteiger partial charge is 0.410 e. The lowest BCUT2D eigenvalue weighted by Gasteiger charge is -2.33. The number of hydrogen-bond donors (Lipinski definition) is 0. The van der Waals surface area contributed by atoms with Gasteiger partial charge in [0.2, 0.25) is 0 Å². The van der Waals surface area contributed by atoms with E-state index in [0.29, 0.717) is 31.4 Å². The van der Waals surface area contributed by atoms with Crippen LogP contribution in [0.4, 0.5) is 4.79 Å². The molecule has 164 valence electrons. The number of ether oxygens (including phenoxy) is 2. The molecule has 1 amide bonds. The Hall–Kier alpha value is -2.59. The highest BCUT2D eigenvalue weighted by Gasteiger charge is 2.27. The molecule has 0 atom stereocenters. The van der Waals surface area contributed by atoms with Crippen molar-refractivity contribution < 1.29 is 27.2 Å². The number of rotatable bonds is 4. The molecular weight excluding hydrogens is 410 g/mol. The van der Waals surface area contributed by atoms with Crippen molar-refractivity contribution in [3.05, 3.63) is 35.7 Å². The maximum atomic E-state index is 12.1. The Bertz CT molecular complexity index is 848. The average molecular weight is 438 g/mol. The molecule has 3 rings (SSSR count). The number of hydrogen-bond acceptors (Lipinski definition) is 8. The van der Waals surface area contributed by atoms with Crippen molar-refractivity contribution in [1.82, 2.24) is 15.0 Å². The minimum absolute atomic E-state index is 0.0741. The Morgan fingerprint density at radius 2 is 1.80 bits per heavy atom. The third kappa shape index (κ3) is 7.68. The first-order valence-corrected chi connectivity index (χ1v) is 10.3. The average Bonchev–Trinajstić information content (AvgIpc) is 3.16. The summed E-state index contributed by atoms with van der Waals surface area (Å²) in [6, 6.07) is 7.93. The second-order valence-electron chi connectivity index (χ2n) is 7.93. The Morgan fingerprint density at radius 1 is 1.20 bits per heavy atom. The Balaban J connectivity index is 0.00000101. The molecule has 2 heterocycles. The highest BCUT2D eigenvalue weighted by Crippen LogP contribution is 2.20. The lowest BCUT2D eigenvalue weighted by Crippen LogP contribution is -2.43. The normalized spacial score (nSPS) is 14.6. The van der Waals surface area contributed by atoms with Gasteiger partial charge in [0, 0.05) is 18.7 Å². The quantitative estimate of drug-likeness (QED) is 0.716. The molecule has 1 aromatic carbocycles. The summed E-state index contributed by atoms with van der Waals surface area (Å²) in [7, 11) is 0. The van der Waals surface area contributed by atoms with E-state index in [9.17, 15) is 4.79 Å². The van der Waals surface area contributed by atoms with Crippen molar-refractivity contribution in [3.63, 3.8) is 0 Å². The molecule has 9 nitrogen and oxygen atoms in total. The number of nitrogens with zero attached hydrogens (tertiary/aromatic N) is 3. The van der Waals surface area contributed by atoms with E-state index in [4.69, 9.17) is 22.4 Å². The largest absolute Gasteiger partial charge is 0.444 e. The summed E-state index contributed by atoms with van der Waals surface area (Å²) in [5, 5.41) is 3.99. The van der Waals surface area contributed by atoms with Gasteiger partial charge in [-0.05, 0) is 52.7 Å². The Labute approximate surface area is 179 Å². The van der Waals surface area contributed by atoms with E-state index in [2.05, 4.69) is 10.1 Å². The topological polar surface area (TPSA) is 112 Å². The van der Waals surface area contributed by atoms with Crippen LogP contribution >= 0.6 is 0 Å². The van der Waals surface area contributed by atoms with Gasteiger partial charge in [0.1, 0.15) is 12.2 Å². The second-order valence-corrected chi connectivity index (χ2v) is 8.06. The molecule has 1 fully saturated rings. The molecule has 0 radical (unpaired) electrons. The molecule has 0 aliphatic carbocycles. The maximum Gasteiger partial charge on any atom is 0.410 e. The first-order valence-electron chi connectivity index (χ1n) is 9.63. The minimum atomic E-state index is -0.750.